The van der Waals surface area contributed by atoms with Crippen molar-refractivity contribution in [2.45, 2.75) is 38.5 Å². The van der Waals surface area contributed by atoms with Crippen LogP contribution in [0.4, 0.5) is 5.69 Å². The Morgan fingerprint density at radius 1 is 1.19 bits per heavy atom. The highest BCUT2D eigenvalue weighted by molar-refractivity contribution is 7.89. The molecule has 0 atom stereocenters. The molecule has 26 heavy (non-hydrogen) atoms. The molecule has 0 bridgehead atoms. The van der Waals surface area contributed by atoms with Crippen molar-refractivity contribution < 1.29 is 17.6 Å². The lowest BCUT2D eigenvalue weighted by Gasteiger charge is -2.25. The molecule has 1 aromatic carbocycles. The Bertz CT molecular complexity index is 925. The zero-order valence-corrected chi connectivity index (χ0v) is 15.3. The molecule has 1 aromatic heterocycles. The standard InChI is InChI=1S/C17H23N3O5S/c21-16(18-13-7-8-15-14(12-13)19-17(22)25-15)6-2-5-11-26(23,24)20-9-3-1-4-10-20/h7-8,12H,1-6,9-11H2,(H,18,21)(H,19,22). The SMILES string of the molecule is O=C(CCCCS(=O)(=O)N1CCCCC1)Nc1ccc2oc(=O)[nH]c2c1. The molecular weight excluding hydrogens is 358 g/mol. The van der Waals surface area contributed by atoms with Crippen LogP contribution in [0.3, 0.4) is 0 Å². The first-order chi connectivity index (χ1) is 12.4. The van der Waals surface area contributed by atoms with Gasteiger partial charge < -0.3 is 9.73 Å². The Morgan fingerprint density at radius 2 is 1.96 bits per heavy atom. The van der Waals surface area contributed by atoms with Gasteiger partial charge in [0.2, 0.25) is 15.9 Å². The number of nitrogens with one attached hydrogen (secondary N) is 2. The molecule has 0 saturated carbocycles. The van der Waals surface area contributed by atoms with E-state index in [2.05, 4.69) is 10.3 Å². The number of aromatic nitrogens is 1. The van der Waals surface area contributed by atoms with Crippen LogP contribution in [-0.4, -0.2) is 42.5 Å². The van der Waals surface area contributed by atoms with E-state index >= 15 is 0 Å². The van der Waals surface area contributed by atoms with Crippen LogP contribution in [0.5, 0.6) is 0 Å². The van der Waals surface area contributed by atoms with Gasteiger partial charge in [-0.3, -0.25) is 9.78 Å². The van der Waals surface area contributed by atoms with Gasteiger partial charge in [-0.25, -0.2) is 17.5 Å². The first-order valence-corrected chi connectivity index (χ1v) is 10.5. The fraction of sp³-hybridized carbons (Fsp3) is 0.529. The van der Waals surface area contributed by atoms with Gasteiger partial charge >= 0.3 is 5.76 Å². The number of H-pyrrole nitrogens is 1. The Morgan fingerprint density at radius 3 is 2.73 bits per heavy atom. The lowest BCUT2D eigenvalue weighted by atomic mass is 10.2. The number of unbranched alkanes of at least 4 members (excludes halogenated alkanes) is 1. The molecule has 8 nitrogen and oxygen atoms in total. The summed E-state index contributed by atoms with van der Waals surface area (Å²) in [6, 6.07) is 4.88. The van der Waals surface area contributed by atoms with Gasteiger partial charge in [0, 0.05) is 25.2 Å². The molecule has 1 aliphatic heterocycles. The van der Waals surface area contributed by atoms with Crippen LogP contribution in [0.1, 0.15) is 38.5 Å². The summed E-state index contributed by atoms with van der Waals surface area (Å²) in [5.74, 6) is -0.647. The van der Waals surface area contributed by atoms with Gasteiger partial charge in [0.15, 0.2) is 5.58 Å². The van der Waals surface area contributed by atoms with Crippen LogP contribution in [0.25, 0.3) is 11.1 Å². The highest BCUT2D eigenvalue weighted by atomic mass is 32.2. The van der Waals surface area contributed by atoms with Crippen LogP contribution in [-0.2, 0) is 14.8 Å². The summed E-state index contributed by atoms with van der Waals surface area (Å²) < 4.78 is 30.9. The van der Waals surface area contributed by atoms with Crippen LogP contribution in [0.15, 0.2) is 27.4 Å². The largest absolute Gasteiger partial charge is 0.417 e. The van der Waals surface area contributed by atoms with Gasteiger partial charge in [-0.1, -0.05) is 6.42 Å². The maximum atomic E-state index is 12.2. The summed E-state index contributed by atoms with van der Waals surface area (Å²) in [4.78, 5) is 25.7. The number of hydrogen-bond donors (Lipinski definition) is 2. The van der Waals surface area contributed by atoms with Crippen molar-refractivity contribution in [3.05, 3.63) is 28.7 Å². The van der Waals surface area contributed by atoms with Crippen LogP contribution < -0.4 is 11.1 Å². The minimum absolute atomic E-state index is 0.0858. The number of aromatic amines is 1. The number of carbonyl (C=O) groups is 1. The molecule has 3 rings (SSSR count). The van der Waals surface area contributed by atoms with Gasteiger partial charge in [0.25, 0.3) is 0 Å². The number of oxazole rings is 1. The predicted molar refractivity (Wildman–Crippen MR) is 98.5 cm³/mol. The van der Waals surface area contributed by atoms with E-state index in [-0.39, 0.29) is 18.1 Å². The fourth-order valence-corrected chi connectivity index (χ4v) is 4.74. The Kier molecular flexibility index (Phi) is 5.77. The molecule has 142 valence electrons. The third-order valence-corrected chi connectivity index (χ3v) is 6.42. The predicted octanol–water partition coefficient (Wildman–Crippen LogP) is 2.05. The number of benzene rings is 1. The van der Waals surface area contributed by atoms with Crippen molar-refractivity contribution >= 4 is 32.7 Å². The fourth-order valence-electron chi connectivity index (χ4n) is 3.10. The first-order valence-electron chi connectivity index (χ1n) is 8.85. The molecule has 2 heterocycles. The van der Waals surface area contributed by atoms with E-state index in [0.717, 1.165) is 19.3 Å². The Hall–Kier alpha value is -2.13. The summed E-state index contributed by atoms with van der Waals surface area (Å²) in [6.45, 7) is 1.23. The molecule has 1 aliphatic rings. The zero-order chi connectivity index (χ0) is 18.6. The number of hydrogen-bond acceptors (Lipinski definition) is 5. The van der Waals surface area contributed by atoms with Gasteiger partial charge in [0.1, 0.15) is 0 Å². The summed E-state index contributed by atoms with van der Waals surface area (Å²) in [5, 5.41) is 2.74. The maximum absolute atomic E-state index is 12.2. The van der Waals surface area contributed by atoms with Crippen LogP contribution in [0, 0.1) is 0 Å². The molecule has 0 radical (unpaired) electrons. The van der Waals surface area contributed by atoms with E-state index in [0.29, 0.717) is 42.7 Å². The Labute approximate surface area is 151 Å². The number of amides is 1. The van der Waals surface area contributed by atoms with E-state index < -0.39 is 15.8 Å². The average molecular weight is 381 g/mol. The second-order valence-corrected chi connectivity index (χ2v) is 8.59. The van der Waals surface area contributed by atoms with Crippen molar-refractivity contribution in [1.82, 2.24) is 9.29 Å². The number of piperidine rings is 1. The number of nitrogens with zero attached hydrogens (tertiary/aromatic N) is 1. The molecule has 2 aromatic rings. The first kappa shape index (κ1) is 18.7. The van der Waals surface area contributed by atoms with E-state index in [1.165, 1.54) is 0 Å². The molecule has 0 aliphatic carbocycles. The highest BCUT2D eigenvalue weighted by Crippen LogP contribution is 2.17. The number of sulfonamides is 1. The lowest BCUT2D eigenvalue weighted by molar-refractivity contribution is -0.116. The molecule has 1 fully saturated rings. The summed E-state index contributed by atoms with van der Waals surface area (Å²) in [6.07, 6.45) is 4.14. The molecular formula is C17H23N3O5S. The average Bonchev–Trinajstić information content (AvgIpc) is 2.99. The third-order valence-electron chi connectivity index (χ3n) is 4.47. The lowest BCUT2D eigenvalue weighted by Crippen LogP contribution is -2.37. The second kappa shape index (κ2) is 8.05. The van der Waals surface area contributed by atoms with Gasteiger partial charge in [-0.05, 0) is 43.9 Å². The Balaban J connectivity index is 1.44. The van der Waals surface area contributed by atoms with Crippen LogP contribution >= 0.6 is 0 Å². The monoisotopic (exact) mass is 381 g/mol. The van der Waals surface area contributed by atoms with E-state index in [4.69, 9.17) is 4.42 Å². The van der Waals surface area contributed by atoms with Crippen molar-refractivity contribution in [3.63, 3.8) is 0 Å². The van der Waals surface area contributed by atoms with Gasteiger partial charge in [0.05, 0.1) is 11.3 Å². The molecule has 2 N–H and O–H groups in total. The minimum Gasteiger partial charge on any atom is -0.408 e. The number of carbonyl (C=O) groups excluding carboxylic acids is 1. The quantitative estimate of drug-likeness (QED) is 0.713. The minimum atomic E-state index is -3.20. The van der Waals surface area contributed by atoms with Crippen molar-refractivity contribution in [2.24, 2.45) is 0 Å². The number of rotatable bonds is 7. The van der Waals surface area contributed by atoms with Crippen LogP contribution in [0.2, 0.25) is 0 Å². The molecule has 0 spiro atoms. The van der Waals surface area contributed by atoms with E-state index in [1.807, 2.05) is 0 Å². The zero-order valence-electron chi connectivity index (χ0n) is 14.5. The van der Waals surface area contributed by atoms with E-state index in [9.17, 15) is 18.0 Å². The van der Waals surface area contributed by atoms with Crippen molar-refractivity contribution in [2.75, 3.05) is 24.2 Å². The smallest absolute Gasteiger partial charge is 0.408 e. The summed E-state index contributed by atoms with van der Waals surface area (Å²) >= 11 is 0. The maximum Gasteiger partial charge on any atom is 0.417 e. The third kappa shape index (κ3) is 4.73. The number of anilines is 1. The molecule has 1 saturated heterocycles. The molecule has 1 amide bonds. The van der Waals surface area contributed by atoms with E-state index in [1.54, 1.807) is 22.5 Å². The van der Waals surface area contributed by atoms with Crippen molar-refractivity contribution in [1.29, 1.82) is 0 Å². The van der Waals surface area contributed by atoms with Gasteiger partial charge in [-0.2, -0.15) is 0 Å². The van der Waals surface area contributed by atoms with Crippen molar-refractivity contribution in [3.8, 4) is 0 Å². The topological polar surface area (TPSA) is 112 Å². The summed E-state index contributed by atoms with van der Waals surface area (Å²) in [7, 11) is -3.20. The summed E-state index contributed by atoms with van der Waals surface area (Å²) in [5.41, 5.74) is 1.50. The molecule has 9 heteroatoms. The molecule has 0 unspecified atom stereocenters. The number of fused-ring (bicyclic) bond motifs is 1. The van der Waals surface area contributed by atoms with Gasteiger partial charge in [-0.15, -0.1) is 0 Å². The second-order valence-electron chi connectivity index (χ2n) is 6.51. The normalized spacial score (nSPS) is 16.0. The highest BCUT2D eigenvalue weighted by Gasteiger charge is 2.23.